The Hall–Kier alpha value is -3.91. The van der Waals surface area contributed by atoms with Gasteiger partial charge in [0.2, 0.25) is 11.8 Å². The molecule has 1 unspecified atom stereocenters. The van der Waals surface area contributed by atoms with E-state index in [1.165, 1.54) is 0 Å². The third kappa shape index (κ3) is 3.15. The van der Waals surface area contributed by atoms with Crippen molar-refractivity contribution in [3.8, 4) is 0 Å². The second-order valence-electron chi connectivity index (χ2n) is 6.76. The van der Waals surface area contributed by atoms with Crippen LogP contribution in [0.2, 0.25) is 0 Å². The number of rotatable bonds is 5. The smallest absolute Gasteiger partial charge is 0.262 e. The Labute approximate surface area is 164 Å². The van der Waals surface area contributed by atoms with Gasteiger partial charge in [0.15, 0.2) is 0 Å². The highest BCUT2D eigenvalue weighted by atomic mass is 16.2. The molecule has 2 aromatic carbocycles. The lowest BCUT2D eigenvalue weighted by Crippen LogP contribution is -2.57. The number of anilines is 1. The fourth-order valence-corrected chi connectivity index (χ4v) is 3.74. The van der Waals surface area contributed by atoms with Gasteiger partial charge in [-0.15, -0.1) is 0 Å². The minimum absolute atomic E-state index is 0.0610. The summed E-state index contributed by atoms with van der Waals surface area (Å²) in [5.41, 5.74) is 9.63. The maximum absolute atomic E-state index is 13.2. The van der Waals surface area contributed by atoms with E-state index in [0.717, 1.165) is 4.90 Å². The van der Waals surface area contributed by atoms with Crippen molar-refractivity contribution in [2.75, 3.05) is 18.4 Å². The quantitative estimate of drug-likeness (QED) is 0.263. The summed E-state index contributed by atoms with van der Waals surface area (Å²) in [5.74, 6) is -2.20. The Balaban J connectivity index is 1.76. The van der Waals surface area contributed by atoms with E-state index in [0.29, 0.717) is 34.1 Å². The molecule has 10 heteroatoms. The molecule has 2 aliphatic heterocycles. The van der Waals surface area contributed by atoms with Gasteiger partial charge in [0.05, 0.1) is 5.56 Å². The molecule has 4 amide bonds. The maximum Gasteiger partial charge on any atom is 0.262 e. The summed E-state index contributed by atoms with van der Waals surface area (Å²) in [4.78, 5) is 53.6. The number of azide groups is 1. The molecule has 0 saturated carbocycles. The normalized spacial score (nSPS) is 18.5. The van der Waals surface area contributed by atoms with E-state index in [9.17, 15) is 19.2 Å². The van der Waals surface area contributed by atoms with E-state index in [4.69, 9.17) is 5.53 Å². The van der Waals surface area contributed by atoms with Crippen molar-refractivity contribution < 1.29 is 19.2 Å². The van der Waals surface area contributed by atoms with E-state index < -0.39 is 29.7 Å². The van der Waals surface area contributed by atoms with Crippen LogP contribution in [0, 0.1) is 0 Å². The first kappa shape index (κ1) is 18.5. The second-order valence-corrected chi connectivity index (χ2v) is 6.76. The first-order valence-electron chi connectivity index (χ1n) is 9.04. The topological polar surface area (TPSA) is 144 Å². The molecule has 1 fully saturated rings. The van der Waals surface area contributed by atoms with Crippen LogP contribution in [0.15, 0.2) is 35.4 Å². The minimum Gasteiger partial charge on any atom is -0.385 e. The first-order valence-corrected chi connectivity index (χ1v) is 9.04. The van der Waals surface area contributed by atoms with Crippen LogP contribution in [-0.4, -0.2) is 47.7 Å². The van der Waals surface area contributed by atoms with Crippen molar-refractivity contribution in [1.29, 1.82) is 0 Å². The van der Waals surface area contributed by atoms with Gasteiger partial charge >= 0.3 is 0 Å². The molecule has 2 aliphatic rings. The summed E-state index contributed by atoms with van der Waals surface area (Å²) in [6.07, 6.45) is 0.156. The third-order valence-corrected chi connectivity index (χ3v) is 5.00. The van der Waals surface area contributed by atoms with Crippen LogP contribution in [0.3, 0.4) is 0 Å². The molecule has 0 radical (unpaired) electrons. The van der Waals surface area contributed by atoms with Crippen LogP contribution in [0.5, 0.6) is 0 Å². The Morgan fingerprint density at radius 1 is 1.17 bits per heavy atom. The molecule has 2 N–H and O–H groups in total. The Kier molecular flexibility index (Phi) is 4.61. The lowest BCUT2D eigenvalue weighted by molar-refractivity contribution is -0.136. The average Bonchev–Trinajstić information content (AvgIpc) is 2.70. The number of carbonyl (C=O) groups excluding carboxylic acids is 4. The molecule has 0 bridgehead atoms. The summed E-state index contributed by atoms with van der Waals surface area (Å²) in [6, 6.07) is 7.52. The highest BCUT2D eigenvalue weighted by molar-refractivity contribution is 6.27. The number of nitrogens with one attached hydrogen (secondary N) is 2. The highest BCUT2D eigenvalue weighted by Crippen LogP contribution is 2.34. The number of imide groups is 2. The summed E-state index contributed by atoms with van der Waals surface area (Å²) in [6.45, 7) is 0.609. The number of benzene rings is 2. The van der Waals surface area contributed by atoms with Gasteiger partial charge in [0.25, 0.3) is 11.8 Å². The van der Waals surface area contributed by atoms with Crippen molar-refractivity contribution in [1.82, 2.24) is 10.2 Å². The zero-order chi connectivity index (χ0) is 20.5. The van der Waals surface area contributed by atoms with Crippen LogP contribution < -0.4 is 10.6 Å². The van der Waals surface area contributed by atoms with Gasteiger partial charge in [0, 0.05) is 41.1 Å². The predicted octanol–water partition coefficient (Wildman–Crippen LogP) is 1.96. The van der Waals surface area contributed by atoms with Crippen molar-refractivity contribution >= 4 is 40.1 Å². The van der Waals surface area contributed by atoms with E-state index >= 15 is 0 Å². The van der Waals surface area contributed by atoms with E-state index in [1.807, 2.05) is 0 Å². The Morgan fingerprint density at radius 3 is 2.72 bits per heavy atom. The Morgan fingerprint density at radius 2 is 1.97 bits per heavy atom. The molecule has 146 valence electrons. The molecule has 2 heterocycles. The molecular weight excluding hydrogens is 376 g/mol. The molecule has 0 aromatic heterocycles. The molecule has 1 saturated heterocycles. The van der Waals surface area contributed by atoms with Gasteiger partial charge in [0.1, 0.15) is 6.04 Å². The fraction of sp³-hybridized carbons (Fsp3) is 0.263. The van der Waals surface area contributed by atoms with Crippen LogP contribution in [0.1, 0.15) is 33.6 Å². The zero-order valence-corrected chi connectivity index (χ0v) is 15.2. The zero-order valence-electron chi connectivity index (χ0n) is 15.2. The van der Waals surface area contributed by atoms with Crippen molar-refractivity contribution in [2.45, 2.75) is 18.9 Å². The largest absolute Gasteiger partial charge is 0.385 e. The number of hydrogen-bond acceptors (Lipinski definition) is 6. The number of amides is 4. The van der Waals surface area contributed by atoms with Gasteiger partial charge in [-0.2, -0.15) is 0 Å². The minimum atomic E-state index is -1.03. The van der Waals surface area contributed by atoms with Crippen molar-refractivity contribution in [2.24, 2.45) is 5.11 Å². The van der Waals surface area contributed by atoms with Gasteiger partial charge in [-0.05, 0) is 35.5 Å². The summed E-state index contributed by atoms with van der Waals surface area (Å²) in [7, 11) is 0. The Bertz CT molecular complexity index is 1120. The average molecular weight is 392 g/mol. The number of hydrogen-bond donors (Lipinski definition) is 2. The summed E-state index contributed by atoms with van der Waals surface area (Å²) < 4.78 is 0. The standard InChI is InChI=1S/C19H16N6O4/c20-24-22-7-6-21-11-8-10-2-1-3-12-16(10)13(9-11)19(29)25(18(12)28)14-4-5-15(26)23-17(14)27/h1-3,8-9,14,21H,4-7H2,(H,23,26,27). The number of piperidine rings is 1. The monoisotopic (exact) mass is 392 g/mol. The molecule has 29 heavy (non-hydrogen) atoms. The predicted molar refractivity (Wildman–Crippen MR) is 103 cm³/mol. The molecule has 10 nitrogen and oxygen atoms in total. The van der Waals surface area contributed by atoms with Gasteiger partial charge < -0.3 is 5.32 Å². The van der Waals surface area contributed by atoms with Gasteiger partial charge in [-0.1, -0.05) is 17.2 Å². The summed E-state index contributed by atoms with van der Waals surface area (Å²) >= 11 is 0. The third-order valence-electron chi connectivity index (χ3n) is 5.00. The van der Waals surface area contributed by atoms with E-state index in [-0.39, 0.29) is 19.4 Å². The van der Waals surface area contributed by atoms with Crippen LogP contribution in [0.4, 0.5) is 5.69 Å². The van der Waals surface area contributed by atoms with Crippen molar-refractivity contribution in [3.05, 3.63) is 51.9 Å². The van der Waals surface area contributed by atoms with Crippen molar-refractivity contribution in [3.63, 3.8) is 0 Å². The van der Waals surface area contributed by atoms with Crippen LogP contribution in [0.25, 0.3) is 21.2 Å². The van der Waals surface area contributed by atoms with E-state index in [1.54, 1.807) is 30.3 Å². The van der Waals surface area contributed by atoms with Crippen LogP contribution >= 0.6 is 0 Å². The maximum atomic E-state index is 13.2. The second kappa shape index (κ2) is 7.25. The molecule has 1 atom stereocenters. The van der Waals surface area contributed by atoms with Gasteiger partial charge in [-0.25, -0.2) is 0 Å². The molecule has 0 spiro atoms. The molecule has 4 rings (SSSR count). The molecule has 2 aromatic rings. The molecule has 0 aliphatic carbocycles. The molecular formula is C19H16N6O4. The highest BCUT2D eigenvalue weighted by Gasteiger charge is 2.42. The first-order chi connectivity index (χ1) is 14.0. The van der Waals surface area contributed by atoms with E-state index in [2.05, 4.69) is 20.7 Å². The SMILES string of the molecule is [N-]=[N+]=NCCNc1cc2c3c(cccc3c1)C(=O)N(C1CCC(=O)NC1=O)C2=O. The van der Waals surface area contributed by atoms with Gasteiger partial charge in [-0.3, -0.25) is 29.4 Å². The van der Waals surface area contributed by atoms with Crippen LogP contribution in [-0.2, 0) is 9.59 Å². The summed E-state index contributed by atoms with van der Waals surface area (Å²) in [5, 5.41) is 9.97. The fourth-order valence-electron chi connectivity index (χ4n) is 3.74. The lowest BCUT2D eigenvalue weighted by atomic mass is 9.91. The number of nitrogens with zero attached hydrogens (tertiary/aromatic N) is 4. The number of carbonyl (C=O) groups is 4. The lowest BCUT2D eigenvalue weighted by Gasteiger charge is -2.34.